The van der Waals surface area contributed by atoms with Gasteiger partial charge in [0.1, 0.15) is 17.2 Å². The van der Waals surface area contributed by atoms with Gasteiger partial charge in [-0.2, -0.15) is 0 Å². The number of nitrogens with zero attached hydrogens (tertiary/aromatic N) is 2. The van der Waals surface area contributed by atoms with Crippen molar-refractivity contribution < 1.29 is 9.90 Å². The van der Waals surface area contributed by atoms with Gasteiger partial charge in [-0.1, -0.05) is 6.92 Å². The second-order valence-corrected chi connectivity index (χ2v) is 5.18. The molecule has 1 aromatic heterocycles. The summed E-state index contributed by atoms with van der Waals surface area (Å²) in [5.41, 5.74) is -0.868. The van der Waals surface area contributed by atoms with Crippen LogP contribution in [-0.2, 0) is 4.79 Å². The summed E-state index contributed by atoms with van der Waals surface area (Å²) in [6, 6.07) is 1.72. The highest BCUT2D eigenvalue weighted by atomic mass is 16.4. The van der Waals surface area contributed by atoms with E-state index < -0.39 is 11.5 Å². The molecule has 5 heteroatoms. The third-order valence-corrected chi connectivity index (χ3v) is 3.68. The van der Waals surface area contributed by atoms with Crippen molar-refractivity contribution in [1.29, 1.82) is 0 Å². The number of anilines is 1. The Morgan fingerprint density at radius 1 is 1.50 bits per heavy atom. The van der Waals surface area contributed by atoms with E-state index in [-0.39, 0.29) is 0 Å². The lowest BCUT2D eigenvalue weighted by Crippen LogP contribution is -2.49. The summed E-state index contributed by atoms with van der Waals surface area (Å²) in [6.45, 7) is 3.96. The average Bonchev–Trinajstić information content (AvgIpc) is 2.32. The first-order valence-electron chi connectivity index (χ1n) is 6.33. The van der Waals surface area contributed by atoms with Gasteiger partial charge in [0.05, 0.1) is 0 Å². The van der Waals surface area contributed by atoms with Gasteiger partial charge < -0.3 is 10.4 Å². The van der Waals surface area contributed by atoms with Crippen molar-refractivity contribution in [2.45, 2.75) is 45.1 Å². The van der Waals surface area contributed by atoms with E-state index in [1.807, 2.05) is 0 Å². The van der Waals surface area contributed by atoms with Crippen LogP contribution in [0.2, 0.25) is 0 Å². The molecule has 1 aliphatic rings. The van der Waals surface area contributed by atoms with E-state index in [1.165, 1.54) is 0 Å². The maximum Gasteiger partial charge on any atom is 0.329 e. The molecule has 1 heterocycles. The number of rotatable bonds is 3. The Morgan fingerprint density at radius 2 is 2.17 bits per heavy atom. The fraction of sp³-hybridized carbons (Fsp3) is 0.615. The number of nitrogens with one attached hydrogen (secondary N) is 1. The van der Waals surface area contributed by atoms with Gasteiger partial charge in [-0.3, -0.25) is 0 Å². The third-order valence-electron chi connectivity index (χ3n) is 3.68. The van der Waals surface area contributed by atoms with E-state index in [2.05, 4.69) is 22.2 Å². The molecule has 1 aromatic rings. The van der Waals surface area contributed by atoms with Crippen LogP contribution in [0.4, 0.5) is 5.82 Å². The highest BCUT2D eigenvalue weighted by molar-refractivity contribution is 5.82. The lowest BCUT2D eigenvalue weighted by atomic mass is 9.77. The highest BCUT2D eigenvalue weighted by Crippen LogP contribution is 2.34. The SMILES string of the molecule is Cc1nccc(NC2(C(=O)O)CCC(C)CC2)n1. The molecule has 0 saturated heterocycles. The first-order valence-corrected chi connectivity index (χ1v) is 6.33. The summed E-state index contributed by atoms with van der Waals surface area (Å²) in [7, 11) is 0. The number of hydrogen-bond donors (Lipinski definition) is 2. The molecule has 0 amide bonds. The summed E-state index contributed by atoms with van der Waals surface area (Å²) in [5.74, 6) is 1.06. The second-order valence-electron chi connectivity index (χ2n) is 5.18. The van der Waals surface area contributed by atoms with E-state index in [0.717, 1.165) is 12.8 Å². The number of aryl methyl sites for hydroxylation is 1. The number of carboxylic acid groups (broad SMARTS) is 1. The van der Waals surface area contributed by atoms with Gasteiger partial charge >= 0.3 is 5.97 Å². The zero-order chi connectivity index (χ0) is 13.2. The van der Waals surface area contributed by atoms with Crippen LogP contribution in [0.3, 0.4) is 0 Å². The van der Waals surface area contributed by atoms with Gasteiger partial charge in [-0.25, -0.2) is 14.8 Å². The fourth-order valence-electron chi connectivity index (χ4n) is 2.42. The second kappa shape index (κ2) is 4.92. The van der Waals surface area contributed by atoms with Crippen LogP contribution in [0.1, 0.15) is 38.4 Å². The Bertz CT molecular complexity index is 440. The maximum absolute atomic E-state index is 11.6. The van der Waals surface area contributed by atoms with Crippen LogP contribution < -0.4 is 5.32 Å². The lowest BCUT2D eigenvalue weighted by Gasteiger charge is -2.36. The summed E-state index contributed by atoms with van der Waals surface area (Å²) in [5, 5.41) is 12.6. The van der Waals surface area contributed by atoms with Gasteiger partial charge in [0, 0.05) is 6.20 Å². The molecule has 0 radical (unpaired) electrons. The van der Waals surface area contributed by atoms with Crippen LogP contribution >= 0.6 is 0 Å². The van der Waals surface area contributed by atoms with Crippen LogP contribution in [-0.4, -0.2) is 26.6 Å². The molecular formula is C13H19N3O2. The van der Waals surface area contributed by atoms with E-state index >= 15 is 0 Å². The average molecular weight is 249 g/mol. The van der Waals surface area contributed by atoms with Crippen molar-refractivity contribution >= 4 is 11.8 Å². The van der Waals surface area contributed by atoms with Crippen LogP contribution in [0, 0.1) is 12.8 Å². The van der Waals surface area contributed by atoms with E-state index in [1.54, 1.807) is 19.2 Å². The molecule has 0 atom stereocenters. The molecule has 1 saturated carbocycles. The van der Waals surface area contributed by atoms with Crippen molar-refractivity contribution in [1.82, 2.24) is 9.97 Å². The summed E-state index contributed by atoms with van der Waals surface area (Å²) < 4.78 is 0. The minimum absolute atomic E-state index is 0.597. The maximum atomic E-state index is 11.6. The van der Waals surface area contributed by atoms with Crippen LogP contribution in [0.15, 0.2) is 12.3 Å². The monoisotopic (exact) mass is 249 g/mol. The van der Waals surface area contributed by atoms with Crippen LogP contribution in [0.5, 0.6) is 0 Å². The number of carbonyl (C=O) groups is 1. The van der Waals surface area contributed by atoms with Gasteiger partial charge in [0.2, 0.25) is 0 Å². The molecule has 2 rings (SSSR count). The summed E-state index contributed by atoms with van der Waals surface area (Å²) in [6.07, 6.45) is 4.80. The summed E-state index contributed by atoms with van der Waals surface area (Å²) >= 11 is 0. The van der Waals surface area contributed by atoms with Crippen LogP contribution in [0.25, 0.3) is 0 Å². The number of carboxylic acids is 1. The molecule has 18 heavy (non-hydrogen) atoms. The molecule has 1 fully saturated rings. The molecule has 2 N–H and O–H groups in total. The van der Waals surface area contributed by atoms with E-state index in [0.29, 0.717) is 30.4 Å². The lowest BCUT2D eigenvalue weighted by molar-refractivity contribution is -0.143. The zero-order valence-electron chi connectivity index (χ0n) is 10.8. The Balaban J connectivity index is 2.19. The Labute approximate surface area is 107 Å². The molecule has 1 aliphatic carbocycles. The normalized spacial score (nSPS) is 27.8. The van der Waals surface area contributed by atoms with Crippen molar-refractivity contribution in [2.75, 3.05) is 5.32 Å². The van der Waals surface area contributed by atoms with Crippen molar-refractivity contribution in [2.24, 2.45) is 5.92 Å². The van der Waals surface area contributed by atoms with E-state index in [4.69, 9.17) is 0 Å². The van der Waals surface area contributed by atoms with Crippen molar-refractivity contribution in [3.05, 3.63) is 18.1 Å². The first kappa shape index (κ1) is 12.8. The number of hydrogen-bond acceptors (Lipinski definition) is 4. The topological polar surface area (TPSA) is 75.1 Å². The highest BCUT2D eigenvalue weighted by Gasteiger charge is 2.41. The molecule has 98 valence electrons. The number of aromatic nitrogens is 2. The number of aliphatic carboxylic acids is 1. The minimum Gasteiger partial charge on any atom is -0.480 e. The molecular weight excluding hydrogens is 230 g/mol. The quantitative estimate of drug-likeness (QED) is 0.859. The predicted molar refractivity (Wildman–Crippen MR) is 68.4 cm³/mol. The summed E-state index contributed by atoms with van der Waals surface area (Å²) in [4.78, 5) is 19.8. The standard InChI is InChI=1S/C13H19N3O2/c1-9-3-6-13(7-4-9,12(17)18)16-11-5-8-14-10(2)15-11/h5,8-9H,3-4,6-7H2,1-2H3,(H,17,18)(H,14,15,16). The van der Waals surface area contributed by atoms with E-state index in [9.17, 15) is 9.90 Å². The van der Waals surface area contributed by atoms with Gasteiger partial charge in [0.15, 0.2) is 0 Å². The van der Waals surface area contributed by atoms with Gasteiger partial charge in [-0.05, 0) is 44.6 Å². The Kier molecular flexibility index (Phi) is 3.50. The predicted octanol–water partition coefficient (Wildman–Crippen LogP) is 2.23. The molecule has 0 spiro atoms. The van der Waals surface area contributed by atoms with Crippen molar-refractivity contribution in [3.8, 4) is 0 Å². The Morgan fingerprint density at radius 3 is 2.72 bits per heavy atom. The molecule has 0 bridgehead atoms. The molecule has 0 aromatic carbocycles. The van der Waals surface area contributed by atoms with Gasteiger partial charge in [-0.15, -0.1) is 0 Å². The smallest absolute Gasteiger partial charge is 0.329 e. The minimum atomic E-state index is -0.868. The molecule has 0 unspecified atom stereocenters. The third kappa shape index (κ3) is 2.60. The Hall–Kier alpha value is -1.65. The van der Waals surface area contributed by atoms with Gasteiger partial charge in [0.25, 0.3) is 0 Å². The molecule has 0 aliphatic heterocycles. The zero-order valence-corrected chi connectivity index (χ0v) is 10.8. The fourth-order valence-corrected chi connectivity index (χ4v) is 2.42. The largest absolute Gasteiger partial charge is 0.480 e. The first-order chi connectivity index (χ1) is 8.52. The molecule has 5 nitrogen and oxygen atoms in total. The van der Waals surface area contributed by atoms with Crippen molar-refractivity contribution in [3.63, 3.8) is 0 Å².